The Bertz CT molecular complexity index is 1190. The Morgan fingerprint density at radius 3 is 2.32 bits per heavy atom. The number of methoxy groups -OCH3 is 3. The molecule has 31 heavy (non-hydrogen) atoms. The summed E-state index contributed by atoms with van der Waals surface area (Å²) in [7, 11) is 6.21. The van der Waals surface area contributed by atoms with Gasteiger partial charge >= 0.3 is 0 Å². The molecule has 0 fully saturated rings. The van der Waals surface area contributed by atoms with Gasteiger partial charge in [0.1, 0.15) is 0 Å². The van der Waals surface area contributed by atoms with Gasteiger partial charge in [0.15, 0.2) is 22.7 Å². The summed E-state index contributed by atoms with van der Waals surface area (Å²) in [6.07, 6.45) is 1.65. The molecule has 0 radical (unpaired) electrons. The van der Waals surface area contributed by atoms with E-state index in [0.29, 0.717) is 51.2 Å². The number of nitrogens with zero attached hydrogens (tertiary/aromatic N) is 3. The number of oxazole rings is 1. The number of benzene rings is 2. The molecule has 0 aliphatic heterocycles. The molecule has 0 saturated heterocycles. The molecular weight excluding hydrogens is 398 g/mol. The fourth-order valence-electron chi connectivity index (χ4n) is 3.34. The third-order valence-electron chi connectivity index (χ3n) is 4.88. The summed E-state index contributed by atoms with van der Waals surface area (Å²) in [5.74, 6) is 1.34. The van der Waals surface area contributed by atoms with Crippen molar-refractivity contribution in [1.82, 2.24) is 9.97 Å². The summed E-state index contributed by atoms with van der Waals surface area (Å²) >= 11 is 0. The fraction of sp³-hybridized carbons (Fsp3) is 0.174. The topological polar surface area (TPSA) is 86.9 Å². The number of para-hydroxylation sites is 1. The maximum atomic E-state index is 13.3. The van der Waals surface area contributed by atoms with E-state index in [9.17, 15) is 4.79 Å². The van der Waals surface area contributed by atoms with E-state index < -0.39 is 0 Å². The SMILES string of the molecule is COc1cc(C(=O)N(C)c2ccccc2-c2nc3ncccc3o2)cc(OC)c1OC. The van der Waals surface area contributed by atoms with Crippen LogP contribution >= 0.6 is 0 Å². The fourth-order valence-corrected chi connectivity index (χ4v) is 3.34. The van der Waals surface area contributed by atoms with Crippen LogP contribution in [0.4, 0.5) is 5.69 Å². The molecule has 0 saturated carbocycles. The zero-order valence-electron chi connectivity index (χ0n) is 17.6. The predicted octanol–water partition coefficient (Wildman–Crippen LogP) is 4.19. The van der Waals surface area contributed by atoms with Gasteiger partial charge in [0.2, 0.25) is 11.6 Å². The Kier molecular flexibility index (Phi) is 5.44. The van der Waals surface area contributed by atoms with E-state index in [1.807, 2.05) is 24.3 Å². The molecule has 0 unspecified atom stereocenters. The number of carbonyl (C=O) groups excluding carboxylic acids is 1. The minimum Gasteiger partial charge on any atom is -0.493 e. The molecule has 2 aromatic carbocycles. The lowest BCUT2D eigenvalue weighted by molar-refractivity contribution is 0.0992. The Labute approximate surface area is 179 Å². The first-order chi connectivity index (χ1) is 15.1. The number of fused-ring (bicyclic) bond motifs is 1. The molecule has 8 heteroatoms. The average Bonchev–Trinajstić information content (AvgIpc) is 3.26. The molecule has 4 aromatic rings. The second-order valence-corrected chi connectivity index (χ2v) is 6.64. The molecule has 4 rings (SSSR count). The van der Waals surface area contributed by atoms with Crippen molar-refractivity contribution in [3.05, 3.63) is 60.3 Å². The number of hydrogen-bond donors (Lipinski definition) is 0. The van der Waals surface area contributed by atoms with Gasteiger partial charge in [0.25, 0.3) is 5.91 Å². The largest absolute Gasteiger partial charge is 0.493 e. The Hall–Kier alpha value is -4.07. The summed E-state index contributed by atoms with van der Waals surface area (Å²) in [5.41, 5.74) is 2.76. The van der Waals surface area contributed by atoms with Crippen molar-refractivity contribution in [3.8, 4) is 28.7 Å². The van der Waals surface area contributed by atoms with Crippen molar-refractivity contribution in [2.75, 3.05) is 33.3 Å². The van der Waals surface area contributed by atoms with Gasteiger partial charge in [-0.2, -0.15) is 4.98 Å². The lowest BCUT2D eigenvalue weighted by Gasteiger charge is -2.21. The molecule has 158 valence electrons. The van der Waals surface area contributed by atoms with Crippen LogP contribution in [0.25, 0.3) is 22.7 Å². The minimum absolute atomic E-state index is 0.263. The highest BCUT2D eigenvalue weighted by atomic mass is 16.5. The van der Waals surface area contributed by atoms with Crippen LogP contribution in [0.15, 0.2) is 59.1 Å². The van der Waals surface area contributed by atoms with Crippen molar-refractivity contribution in [2.45, 2.75) is 0 Å². The number of anilines is 1. The summed E-state index contributed by atoms with van der Waals surface area (Å²) in [6, 6.07) is 14.2. The van der Waals surface area contributed by atoms with Crippen LogP contribution in [0, 0.1) is 0 Å². The lowest BCUT2D eigenvalue weighted by atomic mass is 10.1. The van der Waals surface area contributed by atoms with Crippen LogP contribution < -0.4 is 19.1 Å². The first-order valence-corrected chi connectivity index (χ1v) is 9.46. The summed E-state index contributed by atoms with van der Waals surface area (Å²) in [4.78, 5) is 23.6. The Morgan fingerprint density at radius 1 is 0.968 bits per heavy atom. The summed E-state index contributed by atoms with van der Waals surface area (Å²) in [5, 5.41) is 0. The predicted molar refractivity (Wildman–Crippen MR) is 116 cm³/mol. The highest BCUT2D eigenvalue weighted by Crippen LogP contribution is 2.39. The highest BCUT2D eigenvalue weighted by Gasteiger charge is 2.23. The number of hydrogen-bond acceptors (Lipinski definition) is 7. The van der Waals surface area contributed by atoms with Gasteiger partial charge in [0.05, 0.1) is 32.6 Å². The summed E-state index contributed by atoms with van der Waals surface area (Å²) < 4.78 is 22.0. The normalized spacial score (nSPS) is 10.7. The molecule has 0 aliphatic carbocycles. The third kappa shape index (κ3) is 3.63. The lowest BCUT2D eigenvalue weighted by Crippen LogP contribution is -2.26. The van der Waals surface area contributed by atoms with Gasteiger partial charge in [-0.3, -0.25) is 4.79 Å². The number of ether oxygens (including phenoxy) is 3. The zero-order chi connectivity index (χ0) is 22.0. The molecule has 1 amide bonds. The molecule has 0 bridgehead atoms. The standard InChI is InChI=1S/C23H21N3O5/c1-26(23(27)14-12-18(28-2)20(30-4)19(13-14)29-3)16-9-6-5-8-15(16)22-25-21-17(31-22)10-7-11-24-21/h5-13H,1-4H3. The van der Waals surface area contributed by atoms with Gasteiger partial charge in [0, 0.05) is 18.8 Å². The average molecular weight is 419 g/mol. The summed E-state index contributed by atoms with van der Waals surface area (Å²) in [6.45, 7) is 0. The maximum absolute atomic E-state index is 13.3. The number of aromatic nitrogens is 2. The maximum Gasteiger partial charge on any atom is 0.258 e. The van der Waals surface area contributed by atoms with E-state index in [1.54, 1.807) is 37.5 Å². The zero-order valence-corrected chi connectivity index (χ0v) is 17.6. The van der Waals surface area contributed by atoms with Crippen LogP contribution in [-0.4, -0.2) is 44.3 Å². The molecule has 0 aliphatic rings. The van der Waals surface area contributed by atoms with Gasteiger partial charge in [-0.05, 0) is 36.4 Å². The number of rotatable bonds is 6. The van der Waals surface area contributed by atoms with Crippen molar-refractivity contribution >= 4 is 22.8 Å². The van der Waals surface area contributed by atoms with E-state index >= 15 is 0 Å². The van der Waals surface area contributed by atoms with Crippen molar-refractivity contribution in [1.29, 1.82) is 0 Å². The molecule has 2 aromatic heterocycles. The van der Waals surface area contributed by atoms with Gasteiger partial charge in [-0.1, -0.05) is 12.1 Å². The molecular formula is C23H21N3O5. The number of pyridine rings is 1. The third-order valence-corrected chi connectivity index (χ3v) is 4.88. The second-order valence-electron chi connectivity index (χ2n) is 6.64. The van der Waals surface area contributed by atoms with Gasteiger partial charge in [-0.15, -0.1) is 0 Å². The second kappa shape index (κ2) is 8.35. The molecule has 0 atom stereocenters. The van der Waals surface area contributed by atoms with Gasteiger partial charge < -0.3 is 23.5 Å². The van der Waals surface area contributed by atoms with Crippen LogP contribution in [0.2, 0.25) is 0 Å². The first kappa shape index (κ1) is 20.2. The molecule has 2 heterocycles. The van der Waals surface area contributed by atoms with E-state index in [0.717, 1.165) is 0 Å². The first-order valence-electron chi connectivity index (χ1n) is 9.46. The molecule has 8 nitrogen and oxygen atoms in total. The van der Waals surface area contributed by atoms with Crippen molar-refractivity contribution in [2.24, 2.45) is 0 Å². The van der Waals surface area contributed by atoms with Crippen LogP contribution in [-0.2, 0) is 0 Å². The smallest absolute Gasteiger partial charge is 0.258 e. The quantitative estimate of drug-likeness (QED) is 0.463. The Morgan fingerprint density at radius 2 is 1.68 bits per heavy atom. The highest BCUT2D eigenvalue weighted by molar-refractivity contribution is 6.08. The van der Waals surface area contributed by atoms with E-state index in [-0.39, 0.29) is 5.91 Å². The van der Waals surface area contributed by atoms with E-state index in [1.165, 1.54) is 26.2 Å². The van der Waals surface area contributed by atoms with Crippen LogP contribution in [0.3, 0.4) is 0 Å². The Balaban J connectivity index is 1.75. The monoisotopic (exact) mass is 419 g/mol. The van der Waals surface area contributed by atoms with Crippen molar-refractivity contribution in [3.63, 3.8) is 0 Å². The minimum atomic E-state index is -0.263. The molecule has 0 spiro atoms. The van der Waals surface area contributed by atoms with E-state index in [4.69, 9.17) is 18.6 Å². The molecule has 0 N–H and O–H groups in total. The van der Waals surface area contributed by atoms with Crippen LogP contribution in [0.5, 0.6) is 17.2 Å². The van der Waals surface area contributed by atoms with Crippen LogP contribution in [0.1, 0.15) is 10.4 Å². The number of carbonyl (C=O) groups is 1. The number of amides is 1. The van der Waals surface area contributed by atoms with Crippen molar-refractivity contribution < 1.29 is 23.4 Å². The van der Waals surface area contributed by atoms with E-state index in [2.05, 4.69) is 9.97 Å². The van der Waals surface area contributed by atoms with Gasteiger partial charge in [-0.25, -0.2) is 4.98 Å².